The van der Waals surface area contributed by atoms with Crippen LogP contribution in [0.3, 0.4) is 0 Å². The average molecular weight is 485 g/mol. The molecule has 0 amide bonds. The fourth-order valence-corrected chi connectivity index (χ4v) is 4.36. The van der Waals surface area contributed by atoms with Crippen LogP contribution in [0.15, 0.2) is 64.6 Å². The van der Waals surface area contributed by atoms with Gasteiger partial charge in [-0.05, 0) is 56.7 Å². The number of methoxy groups -OCH3 is 1. The molecule has 0 atom stereocenters. The Bertz CT molecular complexity index is 1390. The third-order valence-electron chi connectivity index (χ3n) is 5.04. The second-order valence-electron chi connectivity index (χ2n) is 7.55. The summed E-state index contributed by atoms with van der Waals surface area (Å²) in [6.07, 6.45) is 0. The Morgan fingerprint density at radius 1 is 1.06 bits per heavy atom. The first-order valence-corrected chi connectivity index (χ1v) is 11.6. The molecule has 0 unspecified atom stereocenters. The molecule has 0 aromatic heterocycles. The molecule has 0 heterocycles. The molecule has 11 heteroatoms. The number of anilines is 2. The molecule has 0 radical (unpaired) electrons. The Balaban J connectivity index is 1.89. The number of phenols is 1. The van der Waals surface area contributed by atoms with Crippen molar-refractivity contribution in [2.24, 2.45) is 5.10 Å². The maximum Gasteiger partial charge on any atom is 0.295 e. The number of sulfonamides is 1. The minimum Gasteiger partial charge on any atom is -0.507 e. The van der Waals surface area contributed by atoms with Crippen LogP contribution in [0.25, 0.3) is 0 Å². The third kappa shape index (κ3) is 5.44. The van der Waals surface area contributed by atoms with E-state index in [0.29, 0.717) is 22.7 Å². The maximum atomic E-state index is 12.8. The molecular formula is C23H24N4O6S. The van der Waals surface area contributed by atoms with Gasteiger partial charge in [0, 0.05) is 17.7 Å². The van der Waals surface area contributed by atoms with Gasteiger partial charge in [-0.3, -0.25) is 20.3 Å². The van der Waals surface area contributed by atoms with Crippen LogP contribution in [-0.4, -0.2) is 31.3 Å². The molecule has 0 fully saturated rings. The zero-order chi connectivity index (χ0) is 25.0. The van der Waals surface area contributed by atoms with Crippen molar-refractivity contribution in [1.82, 2.24) is 0 Å². The van der Waals surface area contributed by atoms with E-state index in [0.717, 1.165) is 17.2 Å². The van der Waals surface area contributed by atoms with Crippen molar-refractivity contribution < 1.29 is 23.2 Å². The van der Waals surface area contributed by atoms with Crippen molar-refractivity contribution in [1.29, 1.82) is 0 Å². The van der Waals surface area contributed by atoms with E-state index in [9.17, 15) is 23.6 Å². The second-order valence-corrected chi connectivity index (χ2v) is 9.23. The summed E-state index contributed by atoms with van der Waals surface area (Å²) in [5.74, 6) is 0.389. The van der Waals surface area contributed by atoms with Gasteiger partial charge in [-0.1, -0.05) is 17.7 Å². The molecule has 3 N–H and O–H groups in total. The van der Waals surface area contributed by atoms with Gasteiger partial charge in [0.25, 0.3) is 15.7 Å². The molecule has 0 saturated heterocycles. The number of hydrazone groups is 1. The Kier molecular flexibility index (Phi) is 7.06. The van der Waals surface area contributed by atoms with Crippen LogP contribution >= 0.6 is 0 Å². The molecule has 0 saturated carbocycles. The van der Waals surface area contributed by atoms with E-state index < -0.39 is 20.6 Å². The molecule has 178 valence electrons. The number of nitrogens with zero attached hydrogens (tertiary/aromatic N) is 2. The third-order valence-corrected chi connectivity index (χ3v) is 6.40. The van der Waals surface area contributed by atoms with E-state index in [-0.39, 0.29) is 16.3 Å². The summed E-state index contributed by atoms with van der Waals surface area (Å²) >= 11 is 0. The number of hydrogen-bond acceptors (Lipinski definition) is 8. The van der Waals surface area contributed by atoms with Crippen molar-refractivity contribution in [3.63, 3.8) is 0 Å². The first-order chi connectivity index (χ1) is 16.0. The highest BCUT2D eigenvalue weighted by molar-refractivity contribution is 7.92. The first kappa shape index (κ1) is 24.5. The molecule has 3 aromatic rings. The van der Waals surface area contributed by atoms with E-state index in [1.165, 1.54) is 25.3 Å². The predicted molar refractivity (Wildman–Crippen MR) is 130 cm³/mol. The van der Waals surface area contributed by atoms with Crippen molar-refractivity contribution in [3.05, 3.63) is 81.4 Å². The number of nitro benzene ring substituents is 1. The lowest BCUT2D eigenvalue weighted by molar-refractivity contribution is -0.384. The Morgan fingerprint density at radius 3 is 2.38 bits per heavy atom. The zero-order valence-electron chi connectivity index (χ0n) is 19.0. The zero-order valence-corrected chi connectivity index (χ0v) is 19.8. The van der Waals surface area contributed by atoms with Gasteiger partial charge in [-0.15, -0.1) is 0 Å². The van der Waals surface area contributed by atoms with Gasteiger partial charge in [-0.25, -0.2) is 8.42 Å². The van der Waals surface area contributed by atoms with E-state index in [1.807, 2.05) is 13.0 Å². The van der Waals surface area contributed by atoms with Gasteiger partial charge in [0.05, 0.1) is 28.3 Å². The molecule has 0 aliphatic rings. The molecule has 3 aromatic carbocycles. The highest BCUT2D eigenvalue weighted by Crippen LogP contribution is 2.30. The minimum absolute atomic E-state index is 0.0113. The molecule has 0 spiro atoms. The summed E-state index contributed by atoms with van der Waals surface area (Å²) in [5, 5.41) is 25.9. The van der Waals surface area contributed by atoms with E-state index in [1.54, 1.807) is 38.1 Å². The predicted octanol–water partition coefficient (Wildman–Crippen LogP) is 4.56. The summed E-state index contributed by atoms with van der Waals surface area (Å²) in [6.45, 7) is 5.26. The lowest BCUT2D eigenvalue weighted by Gasteiger charge is -2.12. The average Bonchev–Trinajstić information content (AvgIpc) is 2.79. The number of aromatic hydroxyl groups is 1. The standard InChI is InChI=1S/C23H24N4O6S/c1-14-5-9-20(15(2)11-14)26-34(31,32)18-7-10-21(22(13-18)27(29)30)25-24-16(3)19-8-6-17(33-4)12-23(19)28/h5-13,25-26,28H,1-4H3. The lowest BCUT2D eigenvalue weighted by Crippen LogP contribution is -2.14. The summed E-state index contributed by atoms with van der Waals surface area (Å²) in [5.41, 5.74) is 4.93. The maximum absolute atomic E-state index is 12.8. The molecular weight excluding hydrogens is 460 g/mol. The van der Waals surface area contributed by atoms with Gasteiger partial charge in [0.1, 0.15) is 17.2 Å². The molecule has 0 bridgehead atoms. The Morgan fingerprint density at radius 2 is 1.76 bits per heavy atom. The number of hydrogen-bond donors (Lipinski definition) is 3. The normalized spacial score (nSPS) is 11.7. The number of benzene rings is 3. The van der Waals surface area contributed by atoms with Gasteiger partial charge in [0.15, 0.2) is 0 Å². The molecule has 3 rings (SSSR count). The van der Waals surface area contributed by atoms with Crippen LogP contribution in [0.4, 0.5) is 17.1 Å². The van der Waals surface area contributed by atoms with Crippen LogP contribution in [0, 0.1) is 24.0 Å². The van der Waals surface area contributed by atoms with Crippen molar-refractivity contribution >= 4 is 32.8 Å². The van der Waals surface area contributed by atoms with E-state index in [2.05, 4.69) is 15.2 Å². The summed E-state index contributed by atoms with van der Waals surface area (Å²) < 4.78 is 33.2. The lowest BCUT2D eigenvalue weighted by atomic mass is 10.1. The number of ether oxygens (including phenoxy) is 1. The fraction of sp³-hybridized carbons (Fsp3) is 0.174. The largest absolute Gasteiger partial charge is 0.507 e. The Hall–Kier alpha value is -4.12. The van der Waals surface area contributed by atoms with Crippen LogP contribution in [-0.2, 0) is 10.0 Å². The fourth-order valence-electron chi connectivity index (χ4n) is 3.20. The number of aryl methyl sites for hydroxylation is 2. The van der Waals surface area contributed by atoms with Gasteiger partial charge in [-0.2, -0.15) is 5.10 Å². The quantitative estimate of drug-likeness (QED) is 0.241. The van der Waals surface area contributed by atoms with Gasteiger partial charge >= 0.3 is 0 Å². The highest BCUT2D eigenvalue weighted by Gasteiger charge is 2.22. The van der Waals surface area contributed by atoms with Crippen LogP contribution in [0.2, 0.25) is 0 Å². The highest BCUT2D eigenvalue weighted by atomic mass is 32.2. The summed E-state index contributed by atoms with van der Waals surface area (Å²) in [4.78, 5) is 10.7. The molecule has 0 aliphatic carbocycles. The van der Waals surface area contributed by atoms with E-state index >= 15 is 0 Å². The van der Waals surface area contributed by atoms with Gasteiger partial charge < -0.3 is 9.84 Å². The van der Waals surface area contributed by atoms with Crippen molar-refractivity contribution in [2.45, 2.75) is 25.7 Å². The molecule has 34 heavy (non-hydrogen) atoms. The first-order valence-electron chi connectivity index (χ1n) is 10.1. The molecule has 10 nitrogen and oxygen atoms in total. The monoisotopic (exact) mass is 484 g/mol. The number of phenolic OH excluding ortho intramolecular Hbond substituents is 1. The van der Waals surface area contributed by atoms with Crippen molar-refractivity contribution in [2.75, 3.05) is 17.3 Å². The number of nitro groups is 1. The number of nitrogens with one attached hydrogen (secondary N) is 2. The van der Waals surface area contributed by atoms with Crippen LogP contribution < -0.4 is 14.9 Å². The SMILES string of the molecule is COc1ccc(C(C)=NNc2ccc(S(=O)(=O)Nc3ccc(C)cc3C)cc2[N+](=O)[O-])c(O)c1. The van der Waals surface area contributed by atoms with E-state index in [4.69, 9.17) is 4.74 Å². The van der Waals surface area contributed by atoms with Crippen molar-refractivity contribution in [3.8, 4) is 11.5 Å². The summed E-state index contributed by atoms with van der Waals surface area (Å²) in [6, 6.07) is 13.4. The smallest absolute Gasteiger partial charge is 0.295 e. The van der Waals surface area contributed by atoms with Crippen LogP contribution in [0.1, 0.15) is 23.6 Å². The number of rotatable bonds is 8. The topological polar surface area (TPSA) is 143 Å². The molecule has 0 aliphatic heterocycles. The van der Waals surface area contributed by atoms with Crippen LogP contribution in [0.5, 0.6) is 11.5 Å². The minimum atomic E-state index is -4.07. The second kappa shape index (κ2) is 9.79. The van der Waals surface area contributed by atoms with Gasteiger partial charge in [0.2, 0.25) is 0 Å². The summed E-state index contributed by atoms with van der Waals surface area (Å²) in [7, 11) is -2.60. The Labute approximate surface area is 197 Å².